The Morgan fingerprint density at radius 1 is 1.11 bits per heavy atom. The predicted molar refractivity (Wildman–Crippen MR) is 107 cm³/mol. The fourth-order valence-electron chi connectivity index (χ4n) is 2.31. The van der Waals surface area contributed by atoms with Crippen molar-refractivity contribution in [1.82, 2.24) is 4.72 Å². The zero-order valence-corrected chi connectivity index (χ0v) is 17.2. The van der Waals surface area contributed by atoms with Crippen molar-refractivity contribution in [3.63, 3.8) is 0 Å². The Labute approximate surface area is 164 Å². The molecule has 0 atom stereocenters. The van der Waals surface area contributed by atoms with Gasteiger partial charge in [-0.25, -0.2) is 13.1 Å². The molecule has 2 rings (SSSR count). The lowest BCUT2D eigenvalue weighted by Crippen LogP contribution is -2.40. The van der Waals surface area contributed by atoms with Crippen molar-refractivity contribution in [2.24, 2.45) is 0 Å². The highest BCUT2D eigenvalue weighted by Gasteiger charge is 2.25. The van der Waals surface area contributed by atoms with E-state index in [-0.39, 0.29) is 15.5 Å². The maximum atomic E-state index is 12.6. The van der Waals surface area contributed by atoms with E-state index in [1.807, 2.05) is 6.92 Å². The zero-order chi connectivity index (χ0) is 20.2. The Balaban J connectivity index is 2.25. The third-order valence-corrected chi connectivity index (χ3v) is 5.59. The lowest BCUT2D eigenvalue weighted by molar-refractivity contribution is 0.102. The minimum Gasteiger partial charge on any atom is -0.494 e. The summed E-state index contributed by atoms with van der Waals surface area (Å²) in [5.41, 5.74) is 0.0705. The van der Waals surface area contributed by atoms with Gasteiger partial charge in [-0.05, 0) is 70.2 Å². The minimum absolute atomic E-state index is 0.0457. The van der Waals surface area contributed by atoms with Crippen LogP contribution in [0.4, 0.5) is 5.69 Å². The lowest BCUT2D eigenvalue weighted by atomic mass is 10.1. The van der Waals surface area contributed by atoms with E-state index in [4.69, 9.17) is 16.3 Å². The zero-order valence-electron chi connectivity index (χ0n) is 15.7. The first-order chi connectivity index (χ1) is 12.5. The maximum Gasteiger partial charge on any atom is 0.255 e. The number of ether oxygens (including phenoxy) is 1. The monoisotopic (exact) mass is 410 g/mol. The van der Waals surface area contributed by atoms with Crippen LogP contribution in [0.2, 0.25) is 5.02 Å². The molecule has 8 heteroatoms. The van der Waals surface area contributed by atoms with E-state index in [0.29, 0.717) is 18.0 Å². The molecule has 0 saturated carbocycles. The normalized spacial score (nSPS) is 11.9. The molecule has 6 nitrogen and oxygen atoms in total. The van der Waals surface area contributed by atoms with Crippen LogP contribution in [-0.4, -0.2) is 26.5 Å². The van der Waals surface area contributed by atoms with Crippen LogP contribution in [0.25, 0.3) is 0 Å². The summed E-state index contributed by atoms with van der Waals surface area (Å²) < 4.78 is 33.0. The van der Waals surface area contributed by atoms with E-state index >= 15 is 0 Å². The van der Waals surface area contributed by atoms with Gasteiger partial charge in [-0.2, -0.15) is 0 Å². The summed E-state index contributed by atoms with van der Waals surface area (Å²) >= 11 is 6.06. The van der Waals surface area contributed by atoms with E-state index in [1.165, 1.54) is 18.2 Å². The second-order valence-electron chi connectivity index (χ2n) is 6.91. The van der Waals surface area contributed by atoms with Crippen LogP contribution in [0.5, 0.6) is 5.75 Å². The van der Waals surface area contributed by atoms with Crippen LogP contribution in [-0.2, 0) is 10.0 Å². The molecule has 0 aromatic heterocycles. The lowest BCUT2D eigenvalue weighted by Gasteiger charge is -2.21. The van der Waals surface area contributed by atoms with Crippen molar-refractivity contribution in [3.8, 4) is 5.75 Å². The molecule has 0 aliphatic heterocycles. The van der Waals surface area contributed by atoms with Gasteiger partial charge in [0.25, 0.3) is 5.91 Å². The molecule has 0 aliphatic carbocycles. The van der Waals surface area contributed by atoms with Crippen molar-refractivity contribution in [3.05, 3.63) is 53.1 Å². The summed E-state index contributed by atoms with van der Waals surface area (Å²) in [4.78, 5) is 12.4. The van der Waals surface area contributed by atoms with Crippen LogP contribution >= 0.6 is 11.6 Å². The number of sulfonamides is 1. The van der Waals surface area contributed by atoms with Crippen molar-refractivity contribution in [2.45, 2.75) is 38.1 Å². The fourth-order valence-corrected chi connectivity index (χ4v) is 4.26. The third-order valence-electron chi connectivity index (χ3n) is 3.35. The van der Waals surface area contributed by atoms with E-state index in [9.17, 15) is 13.2 Å². The predicted octanol–water partition coefficient (Wildman–Crippen LogP) is 4.07. The maximum absolute atomic E-state index is 12.6. The van der Waals surface area contributed by atoms with Crippen molar-refractivity contribution in [1.29, 1.82) is 0 Å². The van der Waals surface area contributed by atoms with Crippen molar-refractivity contribution in [2.75, 3.05) is 11.9 Å². The highest BCUT2D eigenvalue weighted by molar-refractivity contribution is 7.89. The van der Waals surface area contributed by atoms with E-state index in [1.54, 1.807) is 45.0 Å². The van der Waals surface area contributed by atoms with Gasteiger partial charge in [0, 0.05) is 16.8 Å². The first kappa shape index (κ1) is 21.2. The average Bonchev–Trinajstić information content (AvgIpc) is 2.55. The molecule has 0 fully saturated rings. The van der Waals surface area contributed by atoms with Crippen LogP contribution in [0.1, 0.15) is 38.1 Å². The van der Waals surface area contributed by atoms with Crippen molar-refractivity contribution < 1.29 is 17.9 Å². The molecule has 0 saturated heterocycles. The number of nitrogens with one attached hydrogen (secondary N) is 2. The molecular formula is C19H23ClN2O4S. The number of carbonyl (C=O) groups excluding carboxylic acids is 1. The number of hydrogen-bond donors (Lipinski definition) is 2. The largest absolute Gasteiger partial charge is 0.494 e. The highest BCUT2D eigenvalue weighted by Crippen LogP contribution is 2.25. The number of anilines is 1. The summed E-state index contributed by atoms with van der Waals surface area (Å²) in [7, 11) is -3.87. The van der Waals surface area contributed by atoms with Gasteiger partial charge in [-0.1, -0.05) is 11.6 Å². The number of carbonyl (C=O) groups is 1. The standard InChI is InChI=1S/C19H23ClN2O4S/c1-5-26-15-9-7-14(8-10-15)21-18(23)13-6-11-16(20)17(12-13)27(24,25)22-19(2,3)4/h6-12,22H,5H2,1-4H3,(H,21,23). The van der Waals surface area contributed by atoms with E-state index in [2.05, 4.69) is 10.0 Å². The summed E-state index contributed by atoms with van der Waals surface area (Å²) in [5, 5.41) is 2.77. The molecule has 0 radical (unpaired) electrons. The molecule has 27 heavy (non-hydrogen) atoms. The van der Waals surface area contributed by atoms with Crippen LogP contribution in [0.15, 0.2) is 47.4 Å². The van der Waals surface area contributed by atoms with Gasteiger partial charge in [0.05, 0.1) is 11.6 Å². The Bertz CT molecular complexity index is 920. The second-order valence-corrected chi connectivity index (χ2v) is 8.97. The molecule has 2 aromatic carbocycles. The smallest absolute Gasteiger partial charge is 0.255 e. The molecule has 0 bridgehead atoms. The Morgan fingerprint density at radius 2 is 1.74 bits per heavy atom. The molecule has 2 N–H and O–H groups in total. The van der Waals surface area contributed by atoms with Crippen LogP contribution < -0.4 is 14.8 Å². The molecule has 0 spiro atoms. The summed E-state index contributed by atoms with van der Waals surface area (Å²) in [5.74, 6) is 0.256. The fraction of sp³-hybridized carbons (Fsp3) is 0.316. The number of rotatable bonds is 6. The first-order valence-electron chi connectivity index (χ1n) is 8.39. The Hall–Kier alpha value is -2.09. The van der Waals surface area contributed by atoms with Crippen molar-refractivity contribution >= 4 is 33.2 Å². The summed E-state index contributed by atoms with van der Waals surface area (Å²) in [6.07, 6.45) is 0. The number of benzene rings is 2. The van der Waals surface area contributed by atoms with Crippen LogP contribution in [0, 0.1) is 0 Å². The van der Waals surface area contributed by atoms with Crippen LogP contribution in [0.3, 0.4) is 0 Å². The SMILES string of the molecule is CCOc1ccc(NC(=O)c2ccc(Cl)c(S(=O)(=O)NC(C)(C)C)c2)cc1. The molecule has 0 aliphatic rings. The van der Waals surface area contributed by atoms with E-state index < -0.39 is 21.5 Å². The second kappa shape index (κ2) is 8.29. The summed E-state index contributed by atoms with van der Waals surface area (Å²) in [6, 6.07) is 11.0. The summed E-state index contributed by atoms with van der Waals surface area (Å²) in [6.45, 7) is 7.61. The van der Waals surface area contributed by atoms with Gasteiger partial charge >= 0.3 is 0 Å². The average molecular weight is 411 g/mol. The minimum atomic E-state index is -3.87. The van der Waals surface area contributed by atoms with E-state index in [0.717, 1.165) is 0 Å². The number of amides is 1. The molecular weight excluding hydrogens is 388 g/mol. The van der Waals surface area contributed by atoms with Gasteiger partial charge in [-0.15, -0.1) is 0 Å². The van der Waals surface area contributed by atoms with Gasteiger partial charge < -0.3 is 10.1 Å². The first-order valence-corrected chi connectivity index (χ1v) is 10.3. The number of hydrogen-bond acceptors (Lipinski definition) is 4. The molecule has 0 unspecified atom stereocenters. The molecule has 2 aromatic rings. The quantitative estimate of drug-likeness (QED) is 0.751. The third kappa shape index (κ3) is 5.95. The van der Waals surface area contributed by atoms with Gasteiger partial charge in [0.2, 0.25) is 10.0 Å². The molecule has 0 heterocycles. The van der Waals surface area contributed by atoms with Gasteiger partial charge in [0.15, 0.2) is 0 Å². The highest BCUT2D eigenvalue weighted by atomic mass is 35.5. The Morgan fingerprint density at radius 3 is 2.30 bits per heavy atom. The molecule has 146 valence electrons. The van der Waals surface area contributed by atoms with Gasteiger partial charge in [-0.3, -0.25) is 4.79 Å². The number of halogens is 1. The molecule has 1 amide bonds. The van der Waals surface area contributed by atoms with Gasteiger partial charge in [0.1, 0.15) is 10.6 Å². The topological polar surface area (TPSA) is 84.5 Å². The Kier molecular flexibility index (Phi) is 6.51.